The van der Waals surface area contributed by atoms with Crippen molar-refractivity contribution in [3.05, 3.63) is 0 Å². The molecule has 1 fully saturated rings. The van der Waals surface area contributed by atoms with Crippen LogP contribution in [0.4, 0.5) is 0 Å². The molecule has 0 bridgehead atoms. The van der Waals surface area contributed by atoms with Gasteiger partial charge in [0.15, 0.2) is 0 Å². The number of nitrogens with one attached hydrogen (secondary N) is 1. The van der Waals surface area contributed by atoms with Gasteiger partial charge in [0.25, 0.3) is 0 Å². The molecule has 0 saturated carbocycles. The molecule has 0 aliphatic carbocycles. The van der Waals surface area contributed by atoms with E-state index in [9.17, 15) is 0 Å². The van der Waals surface area contributed by atoms with E-state index in [4.69, 9.17) is 4.74 Å². The van der Waals surface area contributed by atoms with Gasteiger partial charge in [0.05, 0.1) is 12.7 Å². The molecule has 84 valence electrons. The predicted molar refractivity (Wildman–Crippen MR) is 59.6 cm³/mol. The molecule has 0 spiro atoms. The molecule has 1 aliphatic rings. The molecule has 2 unspecified atom stereocenters. The van der Waals surface area contributed by atoms with Crippen LogP contribution in [0.3, 0.4) is 0 Å². The molecule has 1 aliphatic heterocycles. The summed E-state index contributed by atoms with van der Waals surface area (Å²) in [7, 11) is 2.19. The Balaban J connectivity index is 2.03. The molecule has 3 nitrogen and oxygen atoms in total. The van der Waals surface area contributed by atoms with Gasteiger partial charge < -0.3 is 15.0 Å². The highest BCUT2D eigenvalue weighted by molar-refractivity contribution is 4.84. The Kier molecular flexibility index (Phi) is 4.85. The van der Waals surface area contributed by atoms with Crippen LogP contribution in [0.5, 0.6) is 0 Å². The summed E-state index contributed by atoms with van der Waals surface area (Å²) in [5.74, 6) is 0. The van der Waals surface area contributed by atoms with Crippen molar-refractivity contribution in [2.45, 2.75) is 45.4 Å². The van der Waals surface area contributed by atoms with Gasteiger partial charge in [-0.15, -0.1) is 0 Å². The Hall–Kier alpha value is -0.120. The fraction of sp³-hybridized carbons (Fsp3) is 1.00. The van der Waals surface area contributed by atoms with Crippen LogP contribution in [-0.2, 0) is 4.74 Å². The van der Waals surface area contributed by atoms with Crippen molar-refractivity contribution in [1.82, 2.24) is 10.2 Å². The van der Waals surface area contributed by atoms with Crippen molar-refractivity contribution in [3.8, 4) is 0 Å². The van der Waals surface area contributed by atoms with Gasteiger partial charge in [-0.2, -0.15) is 0 Å². The number of likely N-dealkylation sites (tertiary alicyclic amines) is 1. The van der Waals surface area contributed by atoms with E-state index in [0.717, 1.165) is 19.2 Å². The molecule has 3 heteroatoms. The smallest absolute Gasteiger partial charge is 0.0594 e. The second-order valence-corrected chi connectivity index (χ2v) is 4.59. The minimum Gasteiger partial charge on any atom is -0.377 e. The van der Waals surface area contributed by atoms with Gasteiger partial charge in [0.1, 0.15) is 0 Å². The Morgan fingerprint density at radius 3 is 2.71 bits per heavy atom. The van der Waals surface area contributed by atoms with E-state index in [2.05, 4.69) is 38.0 Å². The minimum atomic E-state index is 0.349. The summed E-state index contributed by atoms with van der Waals surface area (Å²) in [4.78, 5) is 2.40. The second-order valence-electron chi connectivity index (χ2n) is 4.59. The Labute approximate surface area is 87.8 Å². The van der Waals surface area contributed by atoms with Crippen LogP contribution in [0.2, 0.25) is 0 Å². The first kappa shape index (κ1) is 12.0. The average Bonchev–Trinajstić information content (AvgIpc) is 2.40. The first-order valence-corrected chi connectivity index (χ1v) is 5.65. The van der Waals surface area contributed by atoms with Crippen LogP contribution in [0, 0.1) is 0 Å². The van der Waals surface area contributed by atoms with Gasteiger partial charge in [0.2, 0.25) is 0 Å². The lowest BCUT2D eigenvalue weighted by Gasteiger charge is -2.14. The SMILES string of the molecule is CC(C)OCCNC1CC(C)N(C)C1. The van der Waals surface area contributed by atoms with Crippen molar-refractivity contribution in [1.29, 1.82) is 0 Å². The van der Waals surface area contributed by atoms with E-state index in [1.54, 1.807) is 0 Å². The number of rotatable bonds is 5. The highest BCUT2D eigenvalue weighted by Gasteiger charge is 2.25. The zero-order chi connectivity index (χ0) is 10.6. The van der Waals surface area contributed by atoms with E-state index in [-0.39, 0.29) is 0 Å². The van der Waals surface area contributed by atoms with E-state index >= 15 is 0 Å². The van der Waals surface area contributed by atoms with Crippen LogP contribution in [0.1, 0.15) is 27.2 Å². The summed E-state index contributed by atoms with van der Waals surface area (Å²) in [6.07, 6.45) is 1.61. The molecule has 0 aromatic carbocycles. The van der Waals surface area contributed by atoms with Gasteiger partial charge in [-0.05, 0) is 34.2 Å². The highest BCUT2D eigenvalue weighted by Crippen LogP contribution is 2.14. The molecule has 0 aromatic heterocycles. The average molecular weight is 200 g/mol. The van der Waals surface area contributed by atoms with Gasteiger partial charge in [-0.25, -0.2) is 0 Å². The molecular formula is C11H24N2O. The fourth-order valence-corrected chi connectivity index (χ4v) is 1.90. The molecule has 1 rings (SSSR count). The zero-order valence-corrected chi connectivity index (χ0v) is 9.92. The lowest BCUT2D eigenvalue weighted by molar-refractivity contribution is 0.0795. The van der Waals surface area contributed by atoms with Gasteiger partial charge >= 0.3 is 0 Å². The second kappa shape index (κ2) is 5.69. The number of ether oxygens (including phenoxy) is 1. The predicted octanol–water partition coefficient (Wildman–Crippen LogP) is 1.09. The summed E-state index contributed by atoms with van der Waals surface area (Å²) in [6.45, 7) is 9.40. The van der Waals surface area contributed by atoms with Crippen LogP contribution in [-0.4, -0.2) is 49.8 Å². The Morgan fingerprint density at radius 1 is 1.50 bits per heavy atom. The molecule has 1 heterocycles. The van der Waals surface area contributed by atoms with E-state index < -0.39 is 0 Å². The first-order chi connectivity index (χ1) is 6.59. The van der Waals surface area contributed by atoms with E-state index in [1.165, 1.54) is 13.0 Å². The minimum absolute atomic E-state index is 0.349. The third-order valence-corrected chi connectivity index (χ3v) is 2.87. The largest absolute Gasteiger partial charge is 0.377 e. The highest BCUT2D eigenvalue weighted by atomic mass is 16.5. The molecule has 2 atom stereocenters. The third-order valence-electron chi connectivity index (χ3n) is 2.87. The Morgan fingerprint density at radius 2 is 2.21 bits per heavy atom. The summed E-state index contributed by atoms with van der Waals surface area (Å²) < 4.78 is 5.48. The normalized spacial score (nSPS) is 28.9. The van der Waals surface area contributed by atoms with Gasteiger partial charge in [-0.3, -0.25) is 0 Å². The third kappa shape index (κ3) is 3.95. The van der Waals surface area contributed by atoms with Crippen molar-refractivity contribution in [2.75, 3.05) is 26.7 Å². The summed E-state index contributed by atoms with van der Waals surface area (Å²) >= 11 is 0. The summed E-state index contributed by atoms with van der Waals surface area (Å²) in [5.41, 5.74) is 0. The van der Waals surface area contributed by atoms with Crippen molar-refractivity contribution < 1.29 is 4.74 Å². The van der Waals surface area contributed by atoms with Crippen molar-refractivity contribution in [3.63, 3.8) is 0 Å². The molecule has 14 heavy (non-hydrogen) atoms. The lowest BCUT2D eigenvalue weighted by atomic mass is 10.2. The molecular weight excluding hydrogens is 176 g/mol. The number of hydrogen-bond acceptors (Lipinski definition) is 3. The maximum Gasteiger partial charge on any atom is 0.0594 e. The topological polar surface area (TPSA) is 24.5 Å². The van der Waals surface area contributed by atoms with Gasteiger partial charge in [-0.1, -0.05) is 0 Å². The summed E-state index contributed by atoms with van der Waals surface area (Å²) in [6, 6.07) is 1.38. The maximum absolute atomic E-state index is 5.48. The standard InChI is InChI=1S/C11H24N2O/c1-9(2)14-6-5-12-11-7-10(3)13(4)8-11/h9-12H,5-8H2,1-4H3. The number of likely N-dealkylation sites (N-methyl/N-ethyl adjacent to an activating group) is 1. The Bertz CT molecular complexity index is 151. The van der Waals surface area contributed by atoms with E-state index in [1.807, 2.05) is 0 Å². The quantitative estimate of drug-likeness (QED) is 0.672. The number of hydrogen-bond donors (Lipinski definition) is 1. The van der Waals surface area contributed by atoms with Gasteiger partial charge in [0, 0.05) is 25.2 Å². The molecule has 0 radical (unpaired) electrons. The molecule has 0 amide bonds. The fourth-order valence-electron chi connectivity index (χ4n) is 1.90. The summed E-state index contributed by atoms with van der Waals surface area (Å²) in [5, 5.41) is 3.53. The van der Waals surface area contributed by atoms with Crippen molar-refractivity contribution >= 4 is 0 Å². The maximum atomic E-state index is 5.48. The molecule has 0 aromatic rings. The van der Waals surface area contributed by atoms with Crippen LogP contribution in [0.15, 0.2) is 0 Å². The van der Waals surface area contributed by atoms with Crippen LogP contribution in [0.25, 0.3) is 0 Å². The van der Waals surface area contributed by atoms with Crippen molar-refractivity contribution in [2.24, 2.45) is 0 Å². The monoisotopic (exact) mass is 200 g/mol. The number of nitrogens with zero attached hydrogens (tertiary/aromatic N) is 1. The molecule has 1 N–H and O–H groups in total. The van der Waals surface area contributed by atoms with Crippen LogP contribution >= 0.6 is 0 Å². The first-order valence-electron chi connectivity index (χ1n) is 5.65. The lowest BCUT2D eigenvalue weighted by Crippen LogP contribution is -2.34. The zero-order valence-electron chi connectivity index (χ0n) is 9.92. The van der Waals surface area contributed by atoms with Crippen LogP contribution < -0.4 is 5.32 Å². The van der Waals surface area contributed by atoms with E-state index in [0.29, 0.717) is 12.1 Å². The molecule has 1 saturated heterocycles.